The minimum absolute atomic E-state index is 0.224. The van der Waals surface area contributed by atoms with Gasteiger partial charge in [-0.3, -0.25) is 4.90 Å². The van der Waals surface area contributed by atoms with Crippen molar-refractivity contribution in [3.05, 3.63) is 11.6 Å². The molecule has 2 fully saturated rings. The van der Waals surface area contributed by atoms with Crippen LogP contribution in [0.1, 0.15) is 26.2 Å². The fraction of sp³-hybridized carbons (Fsp3) is 0.786. The van der Waals surface area contributed by atoms with Gasteiger partial charge in [-0.15, -0.1) is 0 Å². The Morgan fingerprint density at radius 2 is 1.95 bits per heavy atom. The highest BCUT2D eigenvalue weighted by molar-refractivity contribution is 5.88. The van der Waals surface area contributed by atoms with Crippen LogP contribution in [0, 0.1) is 0 Å². The predicted octanol–water partition coefficient (Wildman–Crippen LogP) is 1.33. The summed E-state index contributed by atoms with van der Waals surface area (Å²) >= 11 is 0. The van der Waals surface area contributed by atoms with Gasteiger partial charge in [-0.25, -0.2) is 4.79 Å². The Morgan fingerprint density at radius 1 is 1.32 bits per heavy atom. The zero-order valence-electron chi connectivity index (χ0n) is 11.8. The lowest BCUT2D eigenvalue weighted by molar-refractivity contribution is -0.184. The molecule has 2 heterocycles. The average molecular weight is 269 g/mol. The van der Waals surface area contributed by atoms with E-state index in [1.54, 1.807) is 0 Å². The first-order valence-corrected chi connectivity index (χ1v) is 6.97. The van der Waals surface area contributed by atoms with E-state index in [0.29, 0.717) is 19.6 Å². The average Bonchev–Trinajstić information content (AvgIpc) is 2.89. The Balaban J connectivity index is 1.82. The molecule has 5 nitrogen and oxygen atoms in total. The Bertz CT molecular complexity index is 337. The van der Waals surface area contributed by atoms with E-state index in [2.05, 4.69) is 4.90 Å². The first-order valence-electron chi connectivity index (χ1n) is 6.97. The second-order valence-electron chi connectivity index (χ2n) is 4.98. The first-order chi connectivity index (χ1) is 9.19. The van der Waals surface area contributed by atoms with Gasteiger partial charge >= 0.3 is 5.97 Å². The molecule has 0 bridgehead atoms. The van der Waals surface area contributed by atoms with Crippen LogP contribution < -0.4 is 0 Å². The Hall–Kier alpha value is -0.910. The highest BCUT2D eigenvalue weighted by Crippen LogP contribution is 2.31. The number of likely N-dealkylation sites (tertiary alicyclic amines) is 1. The van der Waals surface area contributed by atoms with Crippen molar-refractivity contribution in [2.45, 2.75) is 32.0 Å². The maximum absolute atomic E-state index is 11.5. The van der Waals surface area contributed by atoms with Gasteiger partial charge in [0.1, 0.15) is 0 Å². The number of carbonyl (C=O) groups is 1. The van der Waals surface area contributed by atoms with Gasteiger partial charge in [0.25, 0.3) is 0 Å². The summed E-state index contributed by atoms with van der Waals surface area (Å²) in [6, 6.07) is 0. The van der Waals surface area contributed by atoms with Crippen LogP contribution in [0.2, 0.25) is 0 Å². The molecule has 0 aromatic heterocycles. The summed E-state index contributed by atoms with van der Waals surface area (Å²) < 4.78 is 16.1. The van der Waals surface area contributed by atoms with Gasteiger partial charge < -0.3 is 14.2 Å². The number of nitrogens with zero attached hydrogens (tertiary/aromatic N) is 1. The number of ether oxygens (including phenoxy) is 3. The van der Waals surface area contributed by atoms with Gasteiger partial charge in [-0.05, 0) is 6.42 Å². The third-order valence-corrected chi connectivity index (χ3v) is 3.86. The van der Waals surface area contributed by atoms with Crippen LogP contribution in [-0.2, 0) is 19.0 Å². The van der Waals surface area contributed by atoms with E-state index in [1.165, 1.54) is 7.11 Å². The van der Waals surface area contributed by atoms with Gasteiger partial charge in [0.05, 0.1) is 20.3 Å². The summed E-state index contributed by atoms with van der Waals surface area (Å²) in [7, 11) is 1.42. The topological polar surface area (TPSA) is 48.0 Å². The zero-order chi connectivity index (χ0) is 13.7. The fourth-order valence-electron chi connectivity index (χ4n) is 2.60. The number of piperidine rings is 1. The fourth-order valence-corrected chi connectivity index (χ4v) is 2.60. The van der Waals surface area contributed by atoms with E-state index >= 15 is 0 Å². The van der Waals surface area contributed by atoms with Gasteiger partial charge in [0, 0.05) is 38.0 Å². The van der Waals surface area contributed by atoms with Crippen molar-refractivity contribution in [2.75, 3.05) is 40.0 Å². The van der Waals surface area contributed by atoms with Crippen LogP contribution in [0.25, 0.3) is 0 Å². The van der Waals surface area contributed by atoms with Crippen LogP contribution in [0.3, 0.4) is 0 Å². The molecule has 1 spiro atoms. The second-order valence-corrected chi connectivity index (χ2v) is 4.98. The van der Waals surface area contributed by atoms with E-state index in [1.807, 2.05) is 13.0 Å². The summed E-state index contributed by atoms with van der Waals surface area (Å²) in [5, 5.41) is 0. The summed E-state index contributed by atoms with van der Waals surface area (Å²) in [5.41, 5.74) is 0.746. The third kappa shape index (κ3) is 3.55. The molecule has 0 N–H and O–H groups in total. The normalized spacial score (nSPS) is 23.8. The largest absolute Gasteiger partial charge is 0.466 e. The molecule has 2 aliphatic rings. The van der Waals surface area contributed by atoms with Crippen molar-refractivity contribution >= 4 is 5.97 Å². The predicted molar refractivity (Wildman–Crippen MR) is 70.7 cm³/mol. The SMILES string of the molecule is CCC(=CCN1CCC2(CC1)OCCO2)C(=O)OC. The molecule has 0 aromatic rings. The van der Waals surface area contributed by atoms with E-state index < -0.39 is 0 Å². The van der Waals surface area contributed by atoms with E-state index in [9.17, 15) is 4.79 Å². The minimum Gasteiger partial charge on any atom is -0.466 e. The lowest BCUT2D eigenvalue weighted by atomic mass is 10.0. The molecule has 108 valence electrons. The molecule has 0 aliphatic carbocycles. The summed E-state index contributed by atoms with van der Waals surface area (Å²) in [6.45, 7) is 6.05. The Kier molecular flexibility index (Phi) is 4.96. The number of rotatable bonds is 4. The summed E-state index contributed by atoms with van der Waals surface area (Å²) in [5.74, 6) is -0.547. The molecule has 19 heavy (non-hydrogen) atoms. The second kappa shape index (κ2) is 6.50. The molecule has 2 rings (SSSR count). The smallest absolute Gasteiger partial charge is 0.333 e. The molecule has 0 saturated carbocycles. The van der Waals surface area contributed by atoms with Crippen molar-refractivity contribution in [1.29, 1.82) is 0 Å². The molecule has 0 radical (unpaired) electrons. The molecule has 2 saturated heterocycles. The maximum Gasteiger partial charge on any atom is 0.333 e. The number of hydrogen-bond acceptors (Lipinski definition) is 5. The number of hydrogen-bond donors (Lipinski definition) is 0. The van der Waals surface area contributed by atoms with Gasteiger partial charge in [-0.1, -0.05) is 13.0 Å². The first kappa shape index (κ1) is 14.5. The molecular weight excluding hydrogens is 246 g/mol. The van der Waals surface area contributed by atoms with E-state index in [4.69, 9.17) is 14.2 Å². The van der Waals surface area contributed by atoms with E-state index in [-0.39, 0.29) is 11.8 Å². The van der Waals surface area contributed by atoms with Crippen LogP contribution >= 0.6 is 0 Å². The zero-order valence-corrected chi connectivity index (χ0v) is 11.8. The number of esters is 1. The number of carbonyl (C=O) groups excluding carboxylic acids is 1. The summed E-state index contributed by atoms with van der Waals surface area (Å²) in [6.07, 6.45) is 4.48. The molecule has 0 unspecified atom stereocenters. The van der Waals surface area contributed by atoms with Crippen molar-refractivity contribution in [3.63, 3.8) is 0 Å². The third-order valence-electron chi connectivity index (χ3n) is 3.86. The van der Waals surface area contributed by atoms with Crippen LogP contribution in [0.4, 0.5) is 0 Å². The Labute approximate surface area is 114 Å². The van der Waals surface area contributed by atoms with Crippen molar-refractivity contribution in [1.82, 2.24) is 4.90 Å². The van der Waals surface area contributed by atoms with Crippen LogP contribution in [-0.4, -0.2) is 56.6 Å². The van der Waals surface area contributed by atoms with Crippen LogP contribution in [0.15, 0.2) is 11.6 Å². The Morgan fingerprint density at radius 3 is 2.47 bits per heavy atom. The lowest BCUT2D eigenvalue weighted by Gasteiger charge is -2.37. The standard InChI is InChI=1S/C14H23NO4/c1-3-12(13(16)17-2)4-7-15-8-5-14(6-9-15)18-10-11-19-14/h4H,3,5-11H2,1-2H3. The molecule has 0 atom stereocenters. The molecular formula is C14H23NO4. The van der Waals surface area contributed by atoms with E-state index in [0.717, 1.165) is 38.0 Å². The van der Waals surface area contributed by atoms with Crippen molar-refractivity contribution < 1.29 is 19.0 Å². The molecule has 5 heteroatoms. The van der Waals surface area contributed by atoms with Crippen molar-refractivity contribution in [3.8, 4) is 0 Å². The maximum atomic E-state index is 11.5. The quantitative estimate of drug-likeness (QED) is 0.569. The van der Waals surface area contributed by atoms with Gasteiger partial charge in [0.15, 0.2) is 5.79 Å². The monoisotopic (exact) mass is 269 g/mol. The molecule has 2 aliphatic heterocycles. The minimum atomic E-state index is -0.323. The van der Waals surface area contributed by atoms with Gasteiger partial charge in [-0.2, -0.15) is 0 Å². The molecule has 0 aromatic carbocycles. The highest BCUT2D eigenvalue weighted by Gasteiger charge is 2.39. The van der Waals surface area contributed by atoms with Gasteiger partial charge in [0.2, 0.25) is 0 Å². The number of methoxy groups -OCH3 is 1. The van der Waals surface area contributed by atoms with Crippen molar-refractivity contribution in [2.24, 2.45) is 0 Å². The summed E-state index contributed by atoms with van der Waals surface area (Å²) in [4.78, 5) is 13.8. The molecule has 0 amide bonds. The highest BCUT2D eigenvalue weighted by atomic mass is 16.7. The lowest BCUT2D eigenvalue weighted by Crippen LogP contribution is -2.45. The van der Waals surface area contributed by atoms with Crippen LogP contribution in [0.5, 0.6) is 0 Å².